The Bertz CT molecular complexity index is 392. The molecule has 0 amide bonds. The molecular formula is C11H11FN2. The zero-order valence-electron chi connectivity index (χ0n) is 7.89. The summed E-state index contributed by atoms with van der Waals surface area (Å²) in [7, 11) is 0. The van der Waals surface area contributed by atoms with Gasteiger partial charge in [0.1, 0.15) is 5.82 Å². The molecule has 1 unspecified atom stereocenters. The van der Waals surface area contributed by atoms with E-state index in [4.69, 9.17) is 0 Å². The second kappa shape index (κ2) is 3.62. The quantitative estimate of drug-likeness (QED) is 0.711. The van der Waals surface area contributed by atoms with Crippen molar-refractivity contribution >= 4 is 0 Å². The van der Waals surface area contributed by atoms with E-state index in [1.165, 1.54) is 12.1 Å². The molecule has 0 aliphatic carbocycles. The Kier molecular flexibility index (Phi) is 2.31. The lowest BCUT2D eigenvalue weighted by Gasteiger charge is -2.11. The molecule has 0 saturated carbocycles. The smallest absolute Gasteiger partial charge is 0.123 e. The largest absolute Gasteiger partial charge is 0.266 e. The van der Waals surface area contributed by atoms with E-state index in [0.29, 0.717) is 0 Å². The second-order valence-electron chi connectivity index (χ2n) is 3.21. The molecule has 72 valence electrons. The van der Waals surface area contributed by atoms with Crippen molar-refractivity contribution in [3.63, 3.8) is 0 Å². The average Bonchev–Trinajstić information content (AvgIpc) is 2.71. The van der Waals surface area contributed by atoms with E-state index < -0.39 is 0 Å². The molecule has 1 aromatic heterocycles. The molecule has 2 rings (SSSR count). The molecular weight excluding hydrogens is 179 g/mol. The first kappa shape index (κ1) is 8.94. The SMILES string of the molecule is CC(c1ccc(F)cc1)n1cccn1. The van der Waals surface area contributed by atoms with Gasteiger partial charge >= 0.3 is 0 Å². The van der Waals surface area contributed by atoms with Crippen LogP contribution in [0.2, 0.25) is 0 Å². The van der Waals surface area contributed by atoms with Crippen LogP contribution in [0.4, 0.5) is 4.39 Å². The van der Waals surface area contributed by atoms with Gasteiger partial charge in [0.15, 0.2) is 0 Å². The standard InChI is InChI=1S/C11H11FN2/c1-9(14-8-2-7-13-14)10-3-5-11(12)6-4-10/h2-9H,1H3. The minimum absolute atomic E-state index is 0.144. The first-order valence-electron chi connectivity index (χ1n) is 4.52. The highest BCUT2D eigenvalue weighted by atomic mass is 19.1. The van der Waals surface area contributed by atoms with Crippen molar-refractivity contribution in [1.29, 1.82) is 0 Å². The van der Waals surface area contributed by atoms with E-state index in [0.717, 1.165) is 5.56 Å². The zero-order chi connectivity index (χ0) is 9.97. The molecule has 0 aliphatic heterocycles. The van der Waals surface area contributed by atoms with E-state index in [2.05, 4.69) is 5.10 Å². The highest BCUT2D eigenvalue weighted by molar-refractivity contribution is 5.19. The van der Waals surface area contributed by atoms with E-state index >= 15 is 0 Å². The van der Waals surface area contributed by atoms with Gasteiger partial charge in [-0.3, -0.25) is 4.68 Å². The molecule has 1 heterocycles. The normalized spacial score (nSPS) is 12.7. The molecule has 0 radical (unpaired) electrons. The number of hydrogen-bond acceptors (Lipinski definition) is 1. The molecule has 0 bridgehead atoms. The van der Waals surface area contributed by atoms with Gasteiger partial charge in [-0.1, -0.05) is 12.1 Å². The topological polar surface area (TPSA) is 17.8 Å². The molecule has 0 aliphatic rings. The number of aromatic nitrogens is 2. The number of halogens is 1. The maximum absolute atomic E-state index is 12.7. The Morgan fingerprint density at radius 3 is 2.57 bits per heavy atom. The summed E-state index contributed by atoms with van der Waals surface area (Å²) in [5, 5.41) is 4.14. The number of hydrogen-bond donors (Lipinski definition) is 0. The van der Waals surface area contributed by atoms with Gasteiger partial charge in [-0.2, -0.15) is 5.10 Å². The third-order valence-corrected chi connectivity index (χ3v) is 2.27. The van der Waals surface area contributed by atoms with Crippen LogP contribution in [0.1, 0.15) is 18.5 Å². The third kappa shape index (κ3) is 1.66. The minimum atomic E-state index is -0.207. The van der Waals surface area contributed by atoms with E-state index in [1.807, 2.05) is 23.9 Å². The first-order valence-corrected chi connectivity index (χ1v) is 4.52. The van der Waals surface area contributed by atoms with Crippen LogP contribution < -0.4 is 0 Å². The highest BCUT2D eigenvalue weighted by Gasteiger charge is 2.06. The Balaban J connectivity index is 2.28. The van der Waals surface area contributed by atoms with Gasteiger partial charge in [0.2, 0.25) is 0 Å². The molecule has 14 heavy (non-hydrogen) atoms. The van der Waals surface area contributed by atoms with Crippen molar-refractivity contribution in [1.82, 2.24) is 9.78 Å². The highest BCUT2D eigenvalue weighted by Crippen LogP contribution is 2.16. The molecule has 3 heteroatoms. The van der Waals surface area contributed by atoms with Crippen LogP contribution in [-0.2, 0) is 0 Å². The van der Waals surface area contributed by atoms with Gasteiger partial charge in [0.25, 0.3) is 0 Å². The summed E-state index contributed by atoms with van der Waals surface area (Å²) in [5.41, 5.74) is 1.05. The number of rotatable bonds is 2. The molecule has 0 fully saturated rings. The van der Waals surface area contributed by atoms with Crippen molar-refractivity contribution < 1.29 is 4.39 Å². The molecule has 1 aromatic carbocycles. The Morgan fingerprint density at radius 1 is 1.29 bits per heavy atom. The van der Waals surface area contributed by atoms with Crippen LogP contribution in [0.25, 0.3) is 0 Å². The second-order valence-corrected chi connectivity index (χ2v) is 3.21. The average molecular weight is 190 g/mol. The summed E-state index contributed by atoms with van der Waals surface area (Å²) < 4.78 is 14.5. The van der Waals surface area contributed by atoms with Crippen molar-refractivity contribution in [3.05, 3.63) is 54.1 Å². The Hall–Kier alpha value is -1.64. The summed E-state index contributed by atoms with van der Waals surface area (Å²) >= 11 is 0. The number of nitrogens with zero attached hydrogens (tertiary/aromatic N) is 2. The number of benzene rings is 1. The maximum atomic E-state index is 12.7. The summed E-state index contributed by atoms with van der Waals surface area (Å²) in [6.45, 7) is 2.03. The molecule has 2 nitrogen and oxygen atoms in total. The maximum Gasteiger partial charge on any atom is 0.123 e. The third-order valence-electron chi connectivity index (χ3n) is 2.27. The van der Waals surface area contributed by atoms with Crippen LogP contribution in [0, 0.1) is 5.82 Å². The van der Waals surface area contributed by atoms with Gasteiger partial charge in [0.05, 0.1) is 6.04 Å². The monoisotopic (exact) mass is 190 g/mol. The van der Waals surface area contributed by atoms with Crippen LogP contribution in [-0.4, -0.2) is 9.78 Å². The van der Waals surface area contributed by atoms with Crippen LogP contribution in [0.15, 0.2) is 42.7 Å². The molecule has 2 aromatic rings. The Morgan fingerprint density at radius 2 is 2.00 bits per heavy atom. The van der Waals surface area contributed by atoms with Gasteiger partial charge in [-0.25, -0.2) is 4.39 Å². The summed E-state index contributed by atoms with van der Waals surface area (Å²) in [6.07, 6.45) is 3.63. The molecule has 1 atom stereocenters. The lowest BCUT2D eigenvalue weighted by Crippen LogP contribution is -2.06. The van der Waals surface area contributed by atoms with E-state index in [9.17, 15) is 4.39 Å². The first-order chi connectivity index (χ1) is 6.77. The summed E-state index contributed by atoms with van der Waals surface area (Å²) in [4.78, 5) is 0. The van der Waals surface area contributed by atoms with Crippen LogP contribution >= 0.6 is 0 Å². The Labute approximate surface area is 82.0 Å². The predicted molar refractivity (Wildman–Crippen MR) is 52.4 cm³/mol. The van der Waals surface area contributed by atoms with Gasteiger partial charge in [0, 0.05) is 12.4 Å². The summed E-state index contributed by atoms with van der Waals surface area (Å²) in [5.74, 6) is -0.207. The van der Waals surface area contributed by atoms with Gasteiger partial charge in [-0.15, -0.1) is 0 Å². The molecule has 0 spiro atoms. The van der Waals surface area contributed by atoms with E-state index in [-0.39, 0.29) is 11.9 Å². The predicted octanol–water partition coefficient (Wildman–Crippen LogP) is 2.63. The van der Waals surface area contributed by atoms with Crippen LogP contribution in [0.5, 0.6) is 0 Å². The fourth-order valence-electron chi connectivity index (χ4n) is 1.40. The van der Waals surface area contributed by atoms with Crippen molar-refractivity contribution in [2.45, 2.75) is 13.0 Å². The molecule has 0 N–H and O–H groups in total. The lowest BCUT2D eigenvalue weighted by atomic mass is 10.1. The van der Waals surface area contributed by atoms with Crippen molar-refractivity contribution in [2.24, 2.45) is 0 Å². The van der Waals surface area contributed by atoms with Gasteiger partial charge < -0.3 is 0 Å². The minimum Gasteiger partial charge on any atom is -0.266 e. The van der Waals surface area contributed by atoms with Crippen molar-refractivity contribution in [2.75, 3.05) is 0 Å². The van der Waals surface area contributed by atoms with E-state index in [1.54, 1.807) is 18.3 Å². The van der Waals surface area contributed by atoms with Crippen LogP contribution in [0.3, 0.4) is 0 Å². The zero-order valence-corrected chi connectivity index (χ0v) is 7.89. The fourth-order valence-corrected chi connectivity index (χ4v) is 1.40. The fraction of sp³-hybridized carbons (Fsp3) is 0.182. The summed E-state index contributed by atoms with van der Waals surface area (Å²) in [6, 6.07) is 8.51. The lowest BCUT2D eigenvalue weighted by molar-refractivity contribution is 0.561. The van der Waals surface area contributed by atoms with Gasteiger partial charge in [-0.05, 0) is 30.7 Å². The molecule has 0 saturated heterocycles. The van der Waals surface area contributed by atoms with Crippen molar-refractivity contribution in [3.8, 4) is 0 Å².